The highest BCUT2D eigenvalue weighted by molar-refractivity contribution is 7.09. The predicted molar refractivity (Wildman–Crippen MR) is 93.7 cm³/mol. The van der Waals surface area contributed by atoms with Gasteiger partial charge in [-0.2, -0.15) is 13.2 Å². The number of amides is 1. The third-order valence-electron chi connectivity index (χ3n) is 3.22. The van der Waals surface area contributed by atoms with E-state index in [4.69, 9.17) is 5.73 Å². The van der Waals surface area contributed by atoms with Gasteiger partial charge in [-0.05, 0) is 24.6 Å². The predicted octanol–water partition coefficient (Wildman–Crippen LogP) is 2.52. The SMILES string of the molecule is CCNC(=NCc1cccc(C(N)=O)c1)NCc1nc(C(F)(F)F)cs1. The molecule has 0 bridgehead atoms. The molecule has 1 heterocycles. The lowest BCUT2D eigenvalue weighted by atomic mass is 10.1. The maximum Gasteiger partial charge on any atom is 0.434 e. The van der Waals surface area contributed by atoms with Crippen molar-refractivity contribution in [2.75, 3.05) is 6.54 Å². The highest BCUT2D eigenvalue weighted by Crippen LogP contribution is 2.29. The molecule has 10 heteroatoms. The molecule has 0 fully saturated rings. The number of alkyl halides is 3. The topological polar surface area (TPSA) is 92.4 Å². The number of carbonyl (C=O) groups excluding carboxylic acids is 1. The second-order valence-electron chi connectivity index (χ2n) is 5.24. The van der Waals surface area contributed by atoms with Crippen molar-refractivity contribution in [1.29, 1.82) is 0 Å². The maximum absolute atomic E-state index is 12.6. The molecular weight excluding hydrogens is 367 g/mol. The number of rotatable bonds is 6. The number of halogens is 3. The van der Waals surface area contributed by atoms with Gasteiger partial charge >= 0.3 is 6.18 Å². The van der Waals surface area contributed by atoms with Gasteiger partial charge < -0.3 is 16.4 Å². The Morgan fingerprint density at radius 1 is 1.35 bits per heavy atom. The lowest BCUT2D eigenvalue weighted by Gasteiger charge is -2.10. The number of aromatic nitrogens is 1. The molecule has 26 heavy (non-hydrogen) atoms. The Morgan fingerprint density at radius 3 is 2.73 bits per heavy atom. The average molecular weight is 385 g/mol. The summed E-state index contributed by atoms with van der Waals surface area (Å²) in [4.78, 5) is 19.1. The van der Waals surface area contributed by atoms with Crippen LogP contribution >= 0.6 is 11.3 Å². The van der Waals surface area contributed by atoms with E-state index in [9.17, 15) is 18.0 Å². The Labute approximate surface area is 152 Å². The van der Waals surface area contributed by atoms with Crippen molar-refractivity contribution in [3.63, 3.8) is 0 Å². The minimum atomic E-state index is -4.45. The third-order valence-corrected chi connectivity index (χ3v) is 4.07. The molecule has 2 rings (SSSR count). The summed E-state index contributed by atoms with van der Waals surface area (Å²) >= 11 is 0.928. The van der Waals surface area contributed by atoms with Gasteiger partial charge in [-0.15, -0.1) is 11.3 Å². The van der Waals surface area contributed by atoms with Gasteiger partial charge in [-0.25, -0.2) is 9.98 Å². The number of hydrogen-bond acceptors (Lipinski definition) is 4. The summed E-state index contributed by atoms with van der Waals surface area (Å²) < 4.78 is 37.7. The number of primary amides is 1. The number of thiazole rings is 1. The van der Waals surface area contributed by atoms with Crippen LogP contribution in [0.5, 0.6) is 0 Å². The molecule has 0 aliphatic carbocycles. The first-order valence-corrected chi connectivity index (χ1v) is 8.60. The van der Waals surface area contributed by atoms with Crippen LogP contribution < -0.4 is 16.4 Å². The van der Waals surface area contributed by atoms with Gasteiger partial charge in [0.1, 0.15) is 5.01 Å². The molecule has 1 aromatic carbocycles. The van der Waals surface area contributed by atoms with Crippen molar-refractivity contribution >= 4 is 23.2 Å². The quantitative estimate of drug-likeness (QED) is 0.526. The normalized spacial score (nSPS) is 12.1. The lowest BCUT2D eigenvalue weighted by molar-refractivity contribution is -0.140. The van der Waals surface area contributed by atoms with Gasteiger partial charge in [0.2, 0.25) is 5.91 Å². The van der Waals surface area contributed by atoms with E-state index in [2.05, 4.69) is 20.6 Å². The molecule has 0 unspecified atom stereocenters. The molecular formula is C16H18F3N5OS. The van der Waals surface area contributed by atoms with Crippen LogP contribution in [-0.2, 0) is 19.3 Å². The molecule has 2 aromatic rings. The van der Waals surface area contributed by atoms with E-state index in [1.165, 1.54) is 0 Å². The van der Waals surface area contributed by atoms with Crippen LogP contribution in [0.25, 0.3) is 0 Å². The average Bonchev–Trinajstić information content (AvgIpc) is 3.07. The van der Waals surface area contributed by atoms with Crippen LogP contribution in [0, 0.1) is 0 Å². The number of nitrogens with two attached hydrogens (primary N) is 1. The summed E-state index contributed by atoms with van der Waals surface area (Å²) in [7, 11) is 0. The van der Waals surface area contributed by atoms with Gasteiger partial charge in [-0.1, -0.05) is 12.1 Å². The van der Waals surface area contributed by atoms with E-state index in [1.54, 1.807) is 24.3 Å². The van der Waals surface area contributed by atoms with Crippen molar-refractivity contribution in [3.05, 3.63) is 51.5 Å². The first kappa shape index (κ1) is 19.7. The van der Waals surface area contributed by atoms with E-state index in [-0.39, 0.29) is 13.1 Å². The molecule has 4 N–H and O–H groups in total. The standard InChI is InChI=1S/C16H18F3N5OS/c1-2-21-15(22-7-10-4-3-5-11(6-10)14(20)25)23-8-13-24-12(9-26-13)16(17,18)19/h3-6,9H,2,7-8H2,1H3,(H2,20,25)(H2,21,22,23). The van der Waals surface area contributed by atoms with E-state index >= 15 is 0 Å². The van der Waals surface area contributed by atoms with E-state index < -0.39 is 17.8 Å². The van der Waals surface area contributed by atoms with E-state index in [0.717, 1.165) is 22.3 Å². The molecule has 0 saturated carbocycles. The van der Waals surface area contributed by atoms with Gasteiger partial charge in [0, 0.05) is 17.5 Å². The van der Waals surface area contributed by atoms with E-state index in [0.29, 0.717) is 23.1 Å². The Morgan fingerprint density at radius 2 is 2.12 bits per heavy atom. The number of hydrogen-bond donors (Lipinski definition) is 3. The molecule has 1 amide bonds. The smallest absolute Gasteiger partial charge is 0.366 e. The summed E-state index contributed by atoms with van der Waals surface area (Å²) in [5.41, 5.74) is 5.52. The summed E-state index contributed by atoms with van der Waals surface area (Å²) in [6, 6.07) is 6.76. The van der Waals surface area contributed by atoms with Crippen molar-refractivity contribution in [1.82, 2.24) is 15.6 Å². The Kier molecular flexibility index (Phi) is 6.56. The maximum atomic E-state index is 12.6. The molecule has 0 aliphatic heterocycles. The fraction of sp³-hybridized carbons (Fsp3) is 0.312. The zero-order chi connectivity index (χ0) is 19.2. The fourth-order valence-electron chi connectivity index (χ4n) is 2.02. The van der Waals surface area contributed by atoms with Crippen LogP contribution in [0.1, 0.15) is 33.5 Å². The van der Waals surface area contributed by atoms with Gasteiger partial charge in [-0.3, -0.25) is 4.79 Å². The van der Waals surface area contributed by atoms with Crippen LogP contribution in [0.4, 0.5) is 13.2 Å². The lowest BCUT2D eigenvalue weighted by Crippen LogP contribution is -2.36. The number of carbonyl (C=O) groups is 1. The van der Waals surface area contributed by atoms with Crippen LogP contribution in [-0.4, -0.2) is 23.4 Å². The number of guanidine groups is 1. The van der Waals surface area contributed by atoms with Crippen molar-refractivity contribution in [2.24, 2.45) is 10.7 Å². The number of benzene rings is 1. The van der Waals surface area contributed by atoms with Crippen LogP contribution in [0.15, 0.2) is 34.6 Å². The molecule has 0 saturated heterocycles. The minimum absolute atomic E-state index is 0.119. The zero-order valence-electron chi connectivity index (χ0n) is 13.9. The van der Waals surface area contributed by atoms with Crippen LogP contribution in [0.3, 0.4) is 0 Å². The molecule has 0 radical (unpaired) electrons. The number of nitrogens with zero attached hydrogens (tertiary/aromatic N) is 2. The fourth-order valence-corrected chi connectivity index (χ4v) is 2.76. The molecule has 1 aromatic heterocycles. The monoisotopic (exact) mass is 385 g/mol. The second kappa shape index (κ2) is 8.65. The number of nitrogens with one attached hydrogen (secondary N) is 2. The van der Waals surface area contributed by atoms with Crippen molar-refractivity contribution < 1.29 is 18.0 Å². The summed E-state index contributed by atoms with van der Waals surface area (Å²) in [5.74, 6) is -0.0918. The largest absolute Gasteiger partial charge is 0.434 e. The molecule has 0 aliphatic rings. The second-order valence-corrected chi connectivity index (χ2v) is 6.18. The number of aliphatic imine (C=N–C) groups is 1. The Bertz CT molecular complexity index is 788. The molecule has 0 spiro atoms. The molecule has 140 valence electrons. The van der Waals surface area contributed by atoms with Crippen LogP contribution in [0.2, 0.25) is 0 Å². The van der Waals surface area contributed by atoms with Crippen molar-refractivity contribution in [3.8, 4) is 0 Å². The Hall–Kier alpha value is -2.62. The van der Waals surface area contributed by atoms with Gasteiger partial charge in [0.25, 0.3) is 0 Å². The first-order chi connectivity index (χ1) is 12.3. The first-order valence-electron chi connectivity index (χ1n) is 7.72. The van der Waals surface area contributed by atoms with Crippen molar-refractivity contribution in [2.45, 2.75) is 26.2 Å². The Balaban J connectivity index is 2.01. The van der Waals surface area contributed by atoms with E-state index in [1.807, 2.05) is 6.92 Å². The summed E-state index contributed by atoms with van der Waals surface area (Å²) in [6.07, 6.45) is -4.45. The van der Waals surface area contributed by atoms with Gasteiger partial charge in [0.05, 0.1) is 13.1 Å². The molecule has 0 atom stereocenters. The highest BCUT2D eigenvalue weighted by Gasteiger charge is 2.33. The summed E-state index contributed by atoms with van der Waals surface area (Å²) in [5, 5.41) is 7.22. The minimum Gasteiger partial charge on any atom is -0.366 e. The zero-order valence-corrected chi connectivity index (χ0v) is 14.7. The van der Waals surface area contributed by atoms with Gasteiger partial charge in [0.15, 0.2) is 11.7 Å². The third kappa shape index (κ3) is 5.73. The molecule has 6 nitrogen and oxygen atoms in total. The highest BCUT2D eigenvalue weighted by atomic mass is 32.1. The summed E-state index contributed by atoms with van der Waals surface area (Å²) in [6.45, 7) is 2.85.